The van der Waals surface area contributed by atoms with Crippen molar-refractivity contribution >= 4 is 24.0 Å². The lowest BCUT2D eigenvalue weighted by molar-refractivity contribution is -0.196. The van der Waals surface area contributed by atoms with Gasteiger partial charge < -0.3 is 28.6 Å². The number of ether oxygens (including phenoxy) is 5. The molecule has 26 heavy (non-hydrogen) atoms. The molecule has 1 amide bonds. The van der Waals surface area contributed by atoms with Crippen LogP contribution >= 0.6 is 0 Å². The molecule has 1 aliphatic heterocycles. The summed E-state index contributed by atoms with van der Waals surface area (Å²) in [4.78, 5) is 47.4. The second-order valence-electron chi connectivity index (χ2n) is 5.55. The van der Waals surface area contributed by atoms with Crippen molar-refractivity contribution in [2.45, 2.75) is 59.2 Å². The Labute approximate surface area is 151 Å². The predicted molar refractivity (Wildman–Crippen MR) is 85.8 cm³/mol. The number of amides is 1. The van der Waals surface area contributed by atoms with Crippen molar-refractivity contribution in [1.82, 2.24) is 4.90 Å². The molecule has 0 radical (unpaired) electrons. The number of hydrogen-bond donors (Lipinski definition) is 0. The van der Waals surface area contributed by atoms with Crippen LogP contribution in [0.1, 0.15) is 34.6 Å². The van der Waals surface area contributed by atoms with Crippen molar-refractivity contribution in [3.8, 4) is 0 Å². The molecule has 4 atom stereocenters. The summed E-state index contributed by atoms with van der Waals surface area (Å²) < 4.78 is 25.9. The Morgan fingerprint density at radius 3 is 1.81 bits per heavy atom. The third kappa shape index (κ3) is 6.17. The molecule has 0 aliphatic carbocycles. The number of rotatable bonds is 7. The molecule has 3 unspecified atom stereocenters. The Kier molecular flexibility index (Phi) is 8.30. The van der Waals surface area contributed by atoms with Crippen LogP contribution in [0.3, 0.4) is 0 Å². The summed E-state index contributed by atoms with van der Waals surface area (Å²) in [7, 11) is 0. The minimum Gasteiger partial charge on any atom is -0.455 e. The molecule has 0 saturated carbocycles. The molecule has 0 aromatic carbocycles. The number of hydrogen-bond acceptors (Lipinski definition) is 9. The maximum absolute atomic E-state index is 12.0. The van der Waals surface area contributed by atoms with Crippen molar-refractivity contribution in [1.29, 1.82) is 0 Å². The molecule has 0 aromatic rings. The maximum atomic E-state index is 12.0. The fourth-order valence-corrected chi connectivity index (χ4v) is 2.46. The van der Waals surface area contributed by atoms with Gasteiger partial charge in [0.25, 0.3) is 0 Å². The number of carbonyl (C=O) groups excluding carboxylic acids is 4. The first-order chi connectivity index (χ1) is 12.2. The molecular weight excluding hydrogens is 350 g/mol. The highest BCUT2D eigenvalue weighted by Crippen LogP contribution is 2.28. The zero-order valence-electron chi connectivity index (χ0n) is 15.6. The Balaban J connectivity index is 2.91. The number of carbonyl (C=O) groups is 4. The van der Waals surface area contributed by atoms with Gasteiger partial charge in [-0.05, 0) is 13.8 Å². The molecule has 1 rings (SSSR count). The summed E-state index contributed by atoms with van der Waals surface area (Å²) in [5.41, 5.74) is 0. The SMILES string of the molecule is CCN(CC)C(=O)OCC1OC(OC(C)=O)[C@H](OC(C)=O)C1OC(C)=O. The Morgan fingerprint density at radius 1 is 0.846 bits per heavy atom. The van der Waals surface area contributed by atoms with Crippen LogP contribution in [-0.2, 0) is 38.1 Å². The van der Waals surface area contributed by atoms with E-state index in [4.69, 9.17) is 23.7 Å². The first-order valence-corrected chi connectivity index (χ1v) is 8.28. The predicted octanol–water partition coefficient (Wildman–Crippen LogP) is 0.616. The van der Waals surface area contributed by atoms with E-state index < -0.39 is 48.6 Å². The smallest absolute Gasteiger partial charge is 0.409 e. The zero-order chi connectivity index (χ0) is 19.9. The van der Waals surface area contributed by atoms with Crippen molar-refractivity contribution < 1.29 is 42.9 Å². The average molecular weight is 375 g/mol. The van der Waals surface area contributed by atoms with Gasteiger partial charge in [-0.2, -0.15) is 0 Å². The highest BCUT2D eigenvalue weighted by molar-refractivity contribution is 5.69. The van der Waals surface area contributed by atoms with Crippen LogP contribution in [0.4, 0.5) is 4.79 Å². The average Bonchev–Trinajstić information content (AvgIpc) is 2.82. The fourth-order valence-electron chi connectivity index (χ4n) is 2.46. The van der Waals surface area contributed by atoms with Gasteiger partial charge in [0, 0.05) is 33.9 Å². The first-order valence-electron chi connectivity index (χ1n) is 8.28. The molecule has 0 bridgehead atoms. The van der Waals surface area contributed by atoms with Gasteiger partial charge in [0.2, 0.25) is 12.4 Å². The van der Waals surface area contributed by atoms with Gasteiger partial charge in [-0.25, -0.2) is 4.79 Å². The van der Waals surface area contributed by atoms with Crippen molar-refractivity contribution in [2.24, 2.45) is 0 Å². The van der Waals surface area contributed by atoms with Gasteiger partial charge in [-0.1, -0.05) is 0 Å². The monoisotopic (exact) mass is 375 g/mol. The first kappa shape index (κ1) is 21.7. The summed E-state index contributed by atoms with van der Waals surface area (Å²) in [6, 6.07) is 0. The van der Waals surface area contributed by atoms with Gasteiger partial charge in [0.15, 0.2) is 6.10 Å². The van der Waals surface area contributed by atoms with Crippen LogP contribution in [0.5, 0.6) is 0 Å². The lowest BCUT2D eigenvalue weighted by Gasteiger charge is -2.23. The minimum atomic E-state index is -1.28. The van der Waals surface area contributed by atoms with Crippen molar-refractivity contribution in [2.75, 3.05) is 19.7 Å². The van der Waals surface area contributed by atoms with Crippen LogP contribution in [0, 0.1) is 0 Å². The zero-order valence-corrected chi connectivity index (χ0v) is 15.6. The van der Waals surface area contributed by atoms with Gasteiger partial charge in [0.05, 0.1) is 0 Å². The normalized spacial score (nSPS) is 24.5. The fraction of sp³-hybridized carbons (Fsp3) is 0.750. The van der Waals surface area contributed by atoms with Gasteiger partial charge >= 0.3 is 24.0 Å². The van der Waals surface area contributed by atoms with E-state index in [2.05, 4.69) is 0 Å². The van der Waals surface area contributed by atoms with Crippen LogP contribution in [0.15, 0.2) is 0 Å². The lowest BCUT2D eigenvalue weighted by atomic mass is 10.1. The number of esters is 3. The summed E-state index contributed by atoms with van der Waals surface area (Å²) in [6.07, 6.45) is -5.08. The third-order valence-corrected chi connectivity index (χ3v) is 3.55. The molecule has 1 fully saturated rings. The van der Waals surface area contributed by atoms with Crippen molar-refractivity contribution in [3.63, 3.8) is 0 Å². The molecule has 1 saturated heterocycles. The van der Waals surface area contributed by atoms with E-state index in [9.17, 15) is 19.2 Å². The molecular formula is C16H25NO9. The van der Waals surface area contributed by atoms with E-state index in [1.165, 1.54) is 11.8 Å². The Bertz CT molecular complexity index is 532. The Morgan fingerprint density at radius 2 is 1.35 bits per heavy atom. The van der Waals surface area contributed by atoms with E-state index in [1.807, 2.05) is 0 Å². The highest BCUT2D eigenvalue weighted by Gasteiger charge is 2.51. The van der Waals surface area contributed by atoms with Gasteiger partial charge in [-0.15, -0.1) is 0 Å². The quantitative estimate of drug-likeness (QED) is 0.466. The summed E-state index contributed by atoms with van der Waals surface area (Å²) in [5.74, 6) is -2.00. The lowest BCUT2D eigenvalue weighted by Crippen LogP contribution is -2.42. The highest BCUT2D eigenvalue weighted by atomic mass is 16.8. The largest absolute Gasteiger partial charge is 0.455 e. The van der Waals surface area contributed by atoms with E-state index in [1.54, 1.807) is 13.8 Å². The Hall–Kier alpha value is -2.36. The second-order valence-corrected chi connectivity index (χ2v) is 5.55. The van der Waals surface area contributed by atoms with Crippen LogP contribution in [0.25, 0.3) is 0 Å². The minimum absolute atomic E-state index is 0.275. The topological polar surface area (TPSA) is 118 Å². The van der Waals surface area contributed by atoms with Crippen LogP contribution < -0.4 is 0 Å². The van der Waals surface area contributed by atoms with E-state index in [0.717, 1.165) is 13.8 Å². The summed E-state index contributed by atoms with van der Waals surface area (Å²) in [6.45, 7) is 7.72. The molecule has 10 heteroatoms. The summed E-state index contributed by atoms with van der Waals surface area (Å²) >= 11 is 0. The van der Waals surface area contributed by atoms with Crippen LogP contribution in [0.2, 0.25) is 0 Å². The third-order valence-electron chi connectivity index (χ3n) is 3.55. The standard InChI is InChI=1S/C16H25NO9/c1-6-17(7-2)16(21)22-8-12-13(23-9(3)18)14(24-10(4)19)15(26-12)25-11(5)20/h12-15H,6-8H2,1-5H3/t12?,13?,14-,15?/m1/s1. The summed E-state index contributed by atoms with van der Waals surface area (Å²) in [5, 5.41) is 0. The second kappa shape index (κ2) is 9.95. The molecule has 1 aliphatic rings. The van der Waals surface area contributed by atoms with E-state index >= 15 is 0 Å². The number of nitrogens with zero attached hydrogens (tertiary/aromatic N) is 1. The van der Waals surface area contributed by atoms with Gasteiger partial charge in [0.1, 0.15) is 12.7 Å². The molecule has 0 spiro atoms. The van der Waals surface area contributed by atoms with Crippen molar-refractivity contribution in [3.05, 3.63) is 0 Å². The van der Waals surface area contributed by atoms with E-state index in [-0.39, 0.29) is 6.61 Å². The van der Waals surface area contributed by atoms with E-state index in [0.29, 0.717) is 13.1 Å². The molecule has 0 aromatic heterocycles. The molecule has 0 N–H and O–H groups in total. The maximum Gasteiger partial charge on any atom is 0.409 e. The van der Waals surface area contributed by atoms with Crippen LogP contribution in [-0.4, -0.2) is 73.2 Å². The molecule has 1 heterocycles. The molecule has 10 nitrogen and oxygen atoms in total. The van der Waals surface area contributed by atoms with Gasteiger partial charge in [-0.3, -0.25) is 14.4 Å². The molecule has 148 valence electrons.